The average Bonchev–Trinajstić information content (AvgIpc) is 2.31. The predicted molar refractivity (Wildman–Crippen MR) is 45.5 cm³/mol. The van der Waals surface area contributed by atoms with Crippen LogP contribution in [0.2, 0.25) is 0 Å². The Morgan fingerprint density at radius 2 is 2.40 bits per heavy atom. The highest BCUT2D eigenvalue weighted by molar-refractivity contribution is 7.91. The Balaban J connectivity index is 2.06. The number of unbranched alkanes of at least 4 members (excludes halogenated alkanes) is 1. The Morgan fingerprint density at radius 1 is 1.60 bits per heavy atom. The van der Waals surface area contributed by atoms with E-state index in [0.717, 1.165) is 17.4 Å². The molecule has 2 atom stereocenters. The van der Waals surface area contributed by atoms with E-state index in [1.165, 1.54) is 25.7 Å². The third-order valence-corrected chi connectivity index (χ3v) is 3.68. The largest absolute Gasteiger partial charge is 0.616 e. The summed E-state index contributed by atoms with van der Waals surface area (Å²) in [4.78, 5) is 0. The molecule has 1 saturated heterocycles. The first-order valence-corrected chi connectivity index (χ1v) is 5.66. The van der Waals surface area contributed by atoms with Crippen LogP contribution in [0, 0.1) is 5.92 Å². The van der Waals surface area contributed by atoms with Crippen LogP contribution in [0.3, 0.4) is 0 Å². The molecule has 0 radical (unpaired) electrons. The van der Waals surface area contributed by atoms with Crippen molar-refractivity contribution in [2.75, 3.05) is 11.5 Å². The lowest BCUT2D eigenvalue weighted by molar-refractivity contribution is 0.514. The molecule has 0 aromatic heterocycles. The van der Waals surface area contributed by atoms with Crippen molar-refractivity contribution >= 4 is 11.2 Å². The summed E-state index contributed by atoms with van der Waals surface area (Å²) in [6.07, 6.45) is 5.12. The Morgan fingerprint density at radius 3 is 2.90 bits per heavy atom. The quantitative estimate of drug-likeness (QED) is 0.579. The molecule has 0 aromatic rings. The van der Waals surface area contributed by atoms with Gasteiger partial charge in [-0.05, 0) is 12.8 Å². The minimum atomic E-state index is -0.456. The molecule has 2 heteroatoms. The Kier molecular flexibility index (Phi) is 3.57. The molecule has 0 bridgehead atoms. The fourth-order valence-electron chi connectivity index (χ4n) is 1.45. The fourth-order valence-corrected chi connectivity index (χ4v) is 3.07. The van der Waals surface area contributed by atoms with E-state index in [1.54, 1.807) is 0 Å². The van der Waals surface area contributed by atoms with Gasteiger partial charge in [-0.15, -0.1) is 0 Å². The lowest BCUT2D eigenvalue weighted by atomic mass is 10.0. The molecule has 1 nitrogen and oxygen atoms in total. The maximum Gasteiger partial charge on any atom is 0.108 e. The number of hydrogen-bond donors (Lipinski definition) is 0. The van der Waals surface area contributed by atoms with E-state index in [4.69, 9.17) is 0 Å². The van der Waals surface area contributed by atoms with Crippen molar-refractivity contribution in [1.29, 1.82) is 0 Å². The summed E-state index contributed by atoms with van der Waals surface area (Å²) in [7, 11) is 0. The molecule has 0 amide bonds. The zero-order valence-corrected chi connectivity index (χ0v) is 7.45. The van der Waals surface area contributed by atoms with Crippen LogP contribution < -0.4 is 0 Å². The molecule has 1 fully saturated rings. The fraction of sp³-hybridized carbons (Fsp3) is 1.00. The highest BCUT2D eigenvalue weighted by Crippen LogP contribution is 2.22. The summed E-state index contributed by atoms with van der Waals surface area (Å²) in [6.45, 7) is 2.21. The van der Waals surface area contributed by atoms with E-state index in [2.05, 4.69) is 6.92 Å². The van der Waals surface area contributed by atoms with Gasteiger partial charge in [0.25, 0.3) is 0 Å². The summed E-state index contributed by atoms with van der Waals surface area (Å²) in [5, 5.41) is 0. The monoisotopic (exact) mass is 160 g/mol. The SMILES string of the molecule is CCCCC1CC[S+]([O-])C1. The highest BCUT2D eigenvalue weighted by atomic mass is 32.2. The molecule has 0 saturated carbocycles. The normalized spacial score (nSPS) is 33.0. The molecular formula is C8H16OS. The summed E-state index contributed by atoms with van der Waals surface area (Å²) < 4.78 is 10.9. The standard InChI is InChI=1S/C8H16OS/c1-2-3-4-8-5-6-10(9)7-8/h8H,2-7H2,1H3. The minimum absolute atomic E-state index is 0.456. The second-order valence-electron chi connectivity index (χ2n) is 3.11. The van der Waals surface area contributed by atoms with Gasteiger partial charge in [0, 0.05) is 5.92 Å². The van der Waals surface area contributed by atoms with Crippen molar-refractivity contribution in [3.63, 3.8) is 0 Å². The third kappa shape index (κ3) is 2.51. The van der Waals surface area contributed by atoms with Crippen LogP contribution >= 0.6 is 0 Å². The van der Waals surface area contributed by atoms with E-state index in [0.29, 0.717) is 0 Å². The molecule has 1 heterocycles. The first-order chi connectivity index (χ1) is 4.83. The molecule has 10 heavy (non-hydrogen) atoms. The molecule has 0 aromatic carbocycles. The van der Waals surface area contributed by atoms with Gasteiger partial charge in [-0.2, -0.15) is 0 Å². The smallest absolute Gasteiger partial charge is 0.108 e. The van der Waals surface area contributed by atoms with Crippen molar-refractivity contribution in [1.82, 2.24) is 0 Å². The van der Waals surface area contributed by atoms with Crippen molar-refractivity contribution in [3.8, 4) is 0 Å². The predicted octanol–water partition coefficient (Wildman–Crippen LogP) is 1.95. The van der Waals surface area contributed by atoms with Gasteiger partial charge in [-0.25, -0.2) is 0 Å². The van der Waals surface area contributed by atoms with E-state index >= 15 is 0 Å². The van der Waals surface area contributed by atoms with E-state index in [-0.39, 0.29) is 0 Å². The van der Waals surface area contributed by atoms with Gasteiger partial charge >= 0.3 is 0 Å². The zero-order chi connectivity index (χ0) is 7.40. The van der Waals surface area contributed by atoms with Crippen LogP contribution in [0.5, 0.6) is 0 Å². The van der Waals surface area contributed by atoms with Crippen LogP contribution in [-0.2, 0) is 11.2 Å². The molecule has 1 rings (SSSR count). The molecule has 1 aliphatic rings. The van der Waals surface area contributed by atoms with Crippen molar-refractivity contribution in [3.05, 3.63) is 0 Å². The first kappa shape index (κ1) is 8.41. The Bertz CT molecular complexity index is 95.3. The van der Waals surface area contributed by atoms with E-state index in [1.807, 2.05) is 0 Å². The minimum Gasteiger partial charge on any atom is -0.616 e. The van der Waals surface area contributed by atoms with Gasteiger partial charge in [-0.1, -0.05) is 30.9 Å². The van der Waals surface area contributed by atoms with Gasteiger partial charge in [0.05, 0.1) is 0 Å². The molecular weight excluding hydrogens is 144 g/mol. The molecule has 1 aliphatic heterocycles. The maximum atomic E-state index is 10.9. The summed E-state index contributed by atoms with van der Waals surface area (Å²) in [5.74, 6) is 2.75. The van der Waals surface area contributed by atoms with Crippen molar-refractivity contribution in [2.24, 2.45) is 5.92 Å². The van der Waals surface area contributed by atoms with E-state index in [9.17, 15) is 4.55 Å². The first-order valence-electron chi connectivity index (χ1n) is 4.18. The molecule has 2 unspecified atom stereocenters. The van der Waals surface area contributed by atoms with Crippen LogP contribution in [0.15, 0.2) is 0 Å². The molecule has 60 valence electrons. The van der Waals surface area contributed by atoms with Crippen molar-refractivity contribution < 1.29 is 4.55 Å². The lowest BCUT2D eigenvalue weighted by Gasteiger charge is -2.04. The van der Waals surface area contributed by atoms with Gasteiger partial charge in [0.1, 0.15) is 11.5 Å². The van der Waals surface area contributed by atoms with Gasteiger partial charge < -0.3 is 4.55 Å². The van der Waals surface area contributed by atoms with Crippen LogP contribution in [0.1, 0.15) is 32.6 Å². The zero-order valence-electron chi connectivity index (χ0n) is 6.64. The molecule has 0 aliphatic carbocycles. The van der Waals surface area contributed by atoms with Gasteiger partial charge in [-0.3, -0.25) is 0 Å². The number of rotatable bonds is 3. The number of hydrogen-bond acceptors (Lipinski definition) is 1. The van der Waals surface area contributed by atoms with Crippen molar-refractivity contribution in [2.45, 2.75) is 32.6 Å². The van der Waals surface area contributed by atoms with Gasteiger partial charge in [0.15, 0.2) is 0 Å². The molecule has 0 N–H and O–H groups in total. The lowest BCUT2D eigenvalue weighted by Crippen LogP contribution is -2.04. The van der Waals surface area contributed by atoms with Gasteiger partial charge in [0.2, 0.25) is 0 Å². The highest BCUT2D eigenvalue weighted by Gasteiger charge is 2.24. The van der Waals surface area contributed by atoms with Crippen LogP contribution in [-0.4, -0.2) is 16.1 Å². The van der Waals surface area contributed by atoms with E-state index < -0.39 is 11.2 Å². The second kappa shape index (κ2) is 4.24. The average molecular weight is 160 g/mol. The molecule has 0 spiro atoms. The summed E-state index contributed by atoms with van der Waals surface area (Å²) in [6, 6.07) is 0. The second-order valence-corrected chi connectivity index (χ2v) is 4.73. The van der Waals surface area contributed by atoms with Crippen LogP contribution in [0.4, 0.5) is 0 Å². The topological polar surface area (TPSA) is 23.1 Å². The van der Waals surface area contributed by atoms with Crippen LogP contribution in [0.25, 0.3) is 0 Å². The Hall–Kier alpha value is 0.310. The maximum absolute atomic E-state index is 10.9. The third-order valence-electron chi connectivity index (χ3n) is 2.14. The summed E-state index contributed by atoms with van der Waals surface area (Å²) >= 11 is -0.456. The summed E-state index contributed by atoms with van der Waals surface area (Å²) in [5.41, 5.74) is 0. The Labute approximate surface area is 66.4 Å².